The third-order valence-corrected chi connectivity index (χ3v) is 4.39. The van der Waals surface area contributed by atoms with Gasteiger partial charge in [-0.25, -0.2) is 8.42 Å². The predicted molar refractivity (Wildman–Crippen MR) is 58.1 cm³/mol. The molecular formula is C9H18N2O3S. The Balaban J connectivity index is 2.39. The lowest BCUT2D eigenvalue weighted by molar-refractivity contribution is -0.123. The minimum atomic E-state index is -2.86. The van der Waals surface area contributed by atoms with Crippen LogP contribution in [0.2, 0.25) is 0 Å². The predicted octanol–water partition coefficient (Wildman–Crippen LogP) is -0.583. The zero-order chi connectivity index (χ0) is 11.5. The first-order valence-electron chi connectivity index (χ1n) is 5.21. The van der Waals surface area contributed by atoms with E-state index in [9.17, 15) is 13.2 Å². The van der Waals surface area contributed by atoms with Crippen LogP contribution < -0.4 is 11.1 Å². The Kier molecular flexibility index (Phi) is 4.10. The van der Waals surface area contributed by atoms with Gasteiger partial charge in [0.1, 0.15) is 9.84 Å². The molecule has 0 radical (unpaired) electrons. The molecule has 1 amide bonds. The molecule has 0 saturated carbocycles. The van der Waals surface area contributed by atoms with Gasteiger partial charge in [0.2, 0.25) is 5.91 Å². The summed E-state index contributed by atoms with van der Waals surface area (Å²) >= 11 is 0. The minimum absolute atomic E-state index is 0.0291. The van der Waals surface area contributed by atoms with Crippen molar-refractivity contribution in [3.63, 3.8) is 0 Å². The largest absolute Gasteiger partial charge is 0.352 e. The second-order valence-electron chi connectivity index (χ2n) is 3.95. The topological polar surface area (TPSA) is 89.3 Å². The molecule has 1 heterocycles. The van der Waals surface area contributed by atoms with Crippen LogP contribution in [-0.4, -0.2) is 37.9 Å². The summed E-state index contributed by atoms with van der Waals surface area (Å²) in [5.41, 5.74) is 5.56. The van der Waals surface area contributed by atoms with Crippen molar-refractivity contribution in [3.8, 4) is 0 Å². The number of nitrogens with two attached hydrogens (primary N) is 1. The number of sulfone groups is 1. The van der Waals surface area contributed by atoms with Crippen molar-refractivity contribution in [1.82, 2.24) is 5.32 Å². The highest BCUT2D eigenvalue weighted by Crippen LogP contribution is 2.12. The number of rotatable bonds is 3. The number of carbonyl (C=O) groups excluding carboxylic acids is 1. The molecule has 5 nitrogen and oxygen atoms in total. The van der Waals surface area contributed by atoms with Crippen molar-refractivity contribution < 1.29 is 13.2 Å². The second kappa shape index (κ2) is 4.94. The highest BCUT2D eigenvalue weighted by atomic mass is 32.2. The molecule has 0 aromatic heterocycles. The summed E-state index contributed by atoms with van der Waals surface area (Å²) in [5.74, 6) is 0.153. The Bertz CT molecular complexity index is 312. The molecule has 1 rings (SSSR count). The maximum Gasteiger partial charge on any atom is 0.237 e. The summed E-state index contributed by atoms with van der Waals surface area (Å²) in [6.45, 7) is 1.84. The van der Waals surface area contributed by atoms with Gasteiger partial charge >= 0.3 is 0 Å². The van der Waals surface area contributed by atoms with Gasteiger partial charge in [0.05, 0.1) is 17.5 Å². The van der Waals surface area contributed by atoms with E-state index >= 15 is 0 Å². The molecular weight excluding hydrogens is 216 g/mol. The number of hydrogen-bond donors (Lipinski definition) is 2. The number of carbonyl (C=O) groups is 1. The molecule has 0 aromatic carbocycles. The summed E-state index contributed by atoms with van der Waals surface area (Å²) < 4.78 is 22.3. The summed E-state index contributed by atoms with van der Waals surface area (Å²) in [5, 5.41) is 2.78. The van der Waals surface area contributed by atoms with E-state index in [-0.39, 0.29) is 23.5 Å². The Hall–Kier alpha value is -0.620. The monoisotopic (exact) mass is 234 g/mol. The lowest BCUT2D eigenvalue weighted by Crippen LogP contribution is -2.47. The van der Waals surface area contributed by atoms with Crippen molar-refractivity contribution in [2.24, 2.45) is 5.73 Å². The SMILES string of the molecule is CC[C@H](N)C(=O)NC1CCS(=O)(=O)CC1. The normalized spacial score (nSPS) is 23.3. The van der Waals surface area contributed by atoms with E-state index < -0.39 is 15.9 Å². The average Bonchev–Trinajstić information content (AvgIpc) is 2.20. The van der Waals surface area contributed by atoms with Crippen LogP contribution in [0.3, 0.4) is 0 Å². The maximum atomic E-state index is 11.4. The van der Waals surface area contributed by atoms with Gasteiger partial charge in [-0.3, -0.25) is 4.79 Å². The van der Waals surface area contributed by atoms with Crippen molar-refractivity contribution in [2.45, 2.75) is 38.3 Å². The number of amides is 1. The lowest BCUT2D eigenvalue weighted by Gasteiger charge is -2.24. The molecule has 1 fully saturated rings. The highest BCUT2D eigenvalue weighted by molar-refractivity contribution is 7.91. The molecule has 1 aliphatic rings. The van der Waals surface area contributed by atoms with Crippen molar-refractivity contribution >= 4 is 15.7 Å². The summed E-state index contributed by atoms with van der Waals surface area (Å²) in [6.07, 6.45) is 1.60. The van der Waals surface area contributed by atoms with Crippen molar-refractivity contribution in [2.75, 3.05) is 11.5 Å². The molecule has 0 bridgehead atoms. The van der Waals surface area contributed by atoms with E-state index in [1.807, 2.05) is 6.92 Å². The van der Waals surface area contributed by atoms with Crippen LogP contribution in [0, 0.1) is 0 Å². The zero-order valence-electron chi connectivity index (χ0n) is 8.90. The fraction of sp³-hybridized carbons (Fsp3) is 0.889. The summed E-state index contributed by atoms with van der Waals surface area (Å²) in [6, 6.07) is -0.512. The molecule has 1 aliphatic heterocycles. The van der Waals surface area contributed by atoms with Gasteiger partial charge in [0, 0.05) is 6.04 Å². The molecule has 0 unspecified atom stereocenters. The third kappa shape index (κ3) is 3.79. The quantitative estimate of drug-likeness (QED) is 0.683. The first-order valence-corrected chi connectivity index (χ1v) is 7.03. The van der Waals surface area contributed by atoms with Crippen LogP contribution >= 0.6 is 0 Å². The molecule has 0 aliphatic carbocycles. The molecule has 0 spiro atoms. The van der Waals surface area contributed by atoms with Crippen LogP contribution in [0.1, 0.15) is 26.2 Å². The standard InChI is InChI=1S/C9H18N2O3S/c1-2-8(10)9(12)11-7-3-5-15(13,14)6-4-7/h7-8H,2-6,10H2,1H3,(H,11,12)/t8-/m0/s1. The Labute approximate surface area is 90.3 Å². The Morgan fingerprint density at radius 3 is 2.47 bits per heavy atom. The van der Waals surface area contributed by atoms with Crippen LogP contribution in [0.5, 0.6) is 0 Å². The average molecular weight is 234 g/mol. The molecule has 0 aromatic rings. The maximum absolute atomic E-state index is 11.4. The van der Waals surface area contributed by atoms with E-state index in [0.717, 1.165) is 0 Å². The van der Waals surface area contributed by atoms with Gasteiger partial charge in [0.15, 0.2) is 0 Å². The minimum Gasteiger partial charge on any atom is -0.352 e. The van der Waals surface area contributed by atoms with Crippen LogP contribution in [0.4, 0.5) is 0 Å². The van der Waals surface area contributed by atoms with E-state index in [1.54, 1.807) is 0 Å². The van der Waals surface area contributed by atoms with E-state index in [4.69, 9.17) is 5.73 Å². The van der Waals surface area contributed by atoms with E-state index in [0.29, 0.717) is 19.3 Å². The van der Waals surface area contributed by atoms with Crippen molar-refractivity contribution in [3.05, 3.63) is 0 Å². The molecule has 6 heteroatoms. The first kappa shape index (κ1) is 12.4. The fourth-order valence-electron chi connectivity index (χ4n) is 1.53. The zero-order valence-corrected chi connectivity index (χ0v) is 9.72. The lowest BCUT2D eigenvalue weighted by atomic mass is 10.1. The van der Waals surface area contributed by atoms with Crippen LogP contribution in [-0.2, 0) is 14.6 Å². The van der Waals surface area contributed by atoms with Gasteiger partial charge in [-0.05, 0) is 19.3 Å². The van der Waals surface area contributed by atoms with Gasteiger partial charge < -0.3 is 11.1 Å². The highest BCUT2D eigenvalue weighted by Gasteiger charge is 2.25. The molecule has 3 N–H and O–H groups in total. The number of hydrogen-bond acceptors (Lipinski definition) is 4. The summed E-state index contributed by atoms with van der Waals surface area (Å²) in [4.78, 5) is 11.4. The van der Waals surface area contributed by atoms with Gasteiger partial charge in [0.25, 0.3) is 0 Å². The summed E-state index contributed by atoms with van der Waals surface area (Å²) in [7, 11) is -2.86. The van der Waals surface area contributed by atoms with Crippen LogP contribution in [0.15, 0.2) is 0 Å². The number of nitrogens with one attached hydrogen (secondary N) is 1. The molecule has 1 saturated heterocycles. The fourth-order valence-corrected chi connectivity index (χ4v) is 3.02. The van der Waals surface area contributed by atoms with Gasteiger partial charge in [-0.1, -0.05) is 6.92 Å². The molecule has 15 heavy (non-hydrogen) atoms. The third-order valence-electron chi connectivity index (χ3n) is 2.68. The Morgan fingerprint density at radius 2 is 2.00 bits per heavy atom. The van der Waals surface area contributed by atoms with E-state index in [2.05, 4.69) is 5.32 Å². The smallest absolute Gasteiger partial charge is 0.237 e. The molecule has 88 valence electrons. The molecule has 1 atom stereocenters. The van der Waals surface area contributed by atoms with E-state index in [1.165, 1.54) is 0 Å². The first-order chi connectivity index (χ1) is 6.94. The van der Waals surface area contributed by atoms with Gasteiger partial charge in [-0.15, -0.1) is 0 Å². The Morgan fingerprint density at radius 1 is 1.47 bits per heavy atom. The van der Waals surface area contributed by atoms with Crippen LogP contribution in [0.25, 0.3) is 0 Å². The van der Waals surface area contributed by atoms with Gasteiger partial charge in [-0.2, -0.15) is 0 Å². The van der Waals surface area contributed by atoms with Crippen molar-refractivity contribution in [1.29, 1.82) is 0 Å². The second-order valence-corrected chi connectivity index (χ2v) is 6.25.